The largest absolute Gasteiger partial charge is 0.559 e. The van der Waals surface area contributed by atoms with Crippen LogP contribution in [0.25, 0.3) is 0 Å². The van der Waals surface area contributed by atoms with E-state index in [1.54, 1.807) is 0 Å². The molecule has 39 heavy (non-hydrogen) atoms. The van der Waals surface area contributed by atoms with Crippen LogP contribution in [0.15, 0.2) is 24.3 Å². The minimum Gasteiger partial charge on any atom is -0.479 e. The maximum absolute atomic E-state index is 11.6. The van der Waals surface area contributed by atoms with Gasteiger partial charge >= 0.3 is 36.7 Å². The van der Waals surface area contributed by atoms with Crippen molar-refractivity contribution in [2.45, 2.75) is 52.8 Å². The Hall–Kier alpha value is -3.38. The van der Waals surface area contributed by atoms with Crippen molar-refractivity contribution >= 4 is 23.9 Å². The molecule has 0 bridgehead atoms. The first-order valence-electron chi connectivity index (χ1n) is 9.71. The lowest BCUT2D eigenvalue weighted by Gasteiger charge is -2.11. The number of ether oxygens (including phenoxy) is 3. The number of aliphatic hydroxyl groups is 1. The van der Waals surface area contributed by atoms with Crippen LogP contribution >= 0.6 is 0 Å². The molecule has 0 fully saturated rings. The highest BCUT2D eigenvalue weighted by atomic mass is 19.5. The summed E-state index contributed by atoms with van der Waals surface area (Å²) in [5.74, 6) is -3.29. The predicted molar refractivity (Wildman–Crippen MR) is 113 cm³/mol. The van der Waals surface area contributed by atoms with Gasteiger partial charge in [0.1, 0.15) is 20.0 Å². The van der Waals surface area contributed by atoms with Crippen LogP contribution in [0.2, 0.25) is 0 Å². The second-order valence-electron chi connectivity index (χ2n) is 6.12. The Morgan fingerprint density at radius 1 is 0.744 bits per heavy atom. The van der Waals surface area contributed by atoms with Gasteiger partial charge in [-0.2, -0.15) is 0 Å². The van der Waals surface area contributed by atoms with E-state index in [1.165, 1.54) is 27.7 Å². The van der Waals surface area contributed by atoms with Gasteiger partial charge in [-0.15, -0.1) is 35.1 Å². The Labute approximate surface area is 216 Å². The number of hydrogen-bond donors (Lipinski definition) is 2. The Morgan fingerprint density at radius 3 is 1.23 bits per heavy atom. The molecule has 0 heterocycles. The summed E-state index contributed by atoms with van der Waals surface area (Å²) in [5.41, 5.74) is 0.383. The van der Waals surface area contributed by atoms with Crippen LogP contribution in [0, 0.1) is 0 Å². The maximum Gasteiger partial charge on any atom is 0.559 e. The van der Waals surface area contributed by atoms with Crippen LogP contribution in [0.3, 0.4) is 0 Å². The van der Waals surface area contributed by atoms with E-state index >= 15 is 0 Å². The number of alkyl halides is 10. The lowest BCUT2D eigenvalue weighted by Crippen LogP contribution is -2.27. The van der Waals surface area contributed by atoms with Gasteiger partial charge < -0.3 is 24.4 Å². The van der Waals surface area contributed by atoms with Crippen LogP contribution in [0.1, 0.15) is 27.7 Å². The minimum absolute atomic E-state index is 0.190. The Kier molecular flexibility index (Phi) is 29.1. The number of rotatable bonds is 9. The predicted octanol–water partition coefficient (Wildman–Crippen LogP) is 4.49. The van der Waals surface area contributed by atoms with Crippen molar-refractivity contribution < 1.29 is 87.5 Å². The van der Waals surface area contributed by atoms with Crippen LogP contribution in [-0.2, 0) is 33.4 Å². The number of halogens is 10. The fraction of sp³-hybridized carbons (Fsp3) is 0.600. The Morgan fingerprint density at radius 2 is 1.03 bits per heavy atom. The number of esters is 3. The molecule has 19 heteroatoms. The van der Waals surface area contributed by atoms with Gasteiger partial charge in [-0.05, 0) is 27.7 Å². The number of carboxylic acid groups (broad SMARTS) is 1. The third-order valence-electron chi connectivity index (χ3n) is 2.35. The molecule has 0 saturated carbocycles. The van der Waals surface area contributed by atoms with Gasteiger partial charge in [0, 0.05) is 11.1 Å². The molecule has 0 spiro atoms. The molecule has 0 rings (SSSR count). The van der Waals surface area contributed by atoms with Gasteiger partial charge in [0.2, 0.25) is 0 Å². The maximum atomic E-state index is 11.6. The highest BCUT2D eigenvalue weighted by molar-refractivity contribution is 5.89. The quantitative estimate of drug-likeness (QED) is 0.169. The molecule has 0 aromatic carbocycles. The van der Waals surface area contributed by atoms with E-state index < -0.39 is 62.3 Å². The van der Waals surface area contributed by atoms with Gasteiger partial charge in [-0.1, -0.05) is 13.2 Å². The van der Waals surface area contributed by atoms with Crippen molar-refractivity contribution in [3.63, 3.8) is 0 Å². The summed E-state index contributed by atoms with van der Waals surface area (Å²) in [4.78, 5) is 42.7. The van der Waals surface area contributed by atoms with Gasteiger partial charge in [-0.25, -0.2) is 28.0 Å². The monoisotopic (exact) mass is 602 g/mol. The second-order valence-corrected chi connectivity index (χ2v) is 6.12. The first kappa shape index (κ1) is 45.5. The standard InChI is InChI=1S/C9H13FO4.C7H10O4.C2H5FO.2CF4/c1-6(2)8(11)14-7(3)9(12)13-5-4-10;1-4(2)7(10)11-5(3)6(8)9;3-1-2-4;2*2-1(3,4)5/h7H,1,4-5H2,2-3H3;5H,1H2,2-3H3,(H,8,9);4H,1-2H2;;. The number of carbonyl (C=O) groups is 4. The van der Waals surface area contributed by atoms with Gasteiger partial charge in [0.15, 0.2) is 12.2 Å². The summed E-state index contributed by atoms with van der Waals surface area (Å²) in [6.45, 7) is 10.1. The number of carboxylic acids is 1. The molecule has 0 amide bonds. The summed E-state index contributed by atoms with van der Waals surface area (Å²) < 4.78 is 113. The highest BCUT2D eigenvalue weighted by Crippen LogP contribution is 2.14. The second kappa shape index (κ2) is 24.9. The van der Waals surface area contributed by atoms with Crippen molar-refractivity contribution in [1.82, 2.24) is 0 Å². The Bertz CT molecular complexity index is 712. The first-order chi connectivity index (χ1) is 17.3. The van der Waals surface area contributed by atoms with E-state index in [4.69, 9.17) is 10.2 Å². The van der Waals surface area contributed by atoms with Crippen molar-refractivity contribution in [3.8, 4) is 0 Å². The number of carbonyl (C=O) groups excluding carboxylic acids is 3. The molecular formula is C20H28F10O9. The molecule has 0 aromatic heterocycles. The van der Waals surface area contributed by atoms with Gasteiger partial charge in [0.05, 0.1) is 6.61 Å². The molecule has 0 radical (unpaired) electrons. The zero-order valence-corrected chi connectivity index (χ0v) is 20.9. The summed E-state index contributed by atoms with van der Waals surface area (Å²) in [7, 11) is 0. The molecule has 0 aliphatic rings. The summed E-state index contributed by atoms with van der Waals surface area (Å²) in [5, 5.41) is 15.8. The molecule has 9 nitrogen and oxygen atoms in total. The first-order valence-corrected chi connectivity index (χ1v) is 9.71. The van der Waals surface area contributed by atoms with Crippen molar-refractivity contribution in [1.29, 1.82) is 0 Å². The van der Waals surface area contributed by atoms with E-state index in [1.807, 2.05) is 0 Å². The van der Waals surface area contributed by atoms with Crippen molar-refractivity contribution in [2.24, 2.45) is 0 Å². The van der Waals surface area contributed by atoms with E-state index in [-0.39, 0.29) is 24.4 Å². The van der Waals surface area contributed by atoms with E-state index in [2.05, 4.69) is 27.4 Å². The normalized spacial score (nSPS) is 11.4. The minimum atomic E-state index is -5.50. The van der Waals surface area contributed by atoms with Gasteiger partial charge in [-0.3, -0.25) is 0 Å². The molecule has 2 unspecified atom stereocenters. The molecule has 0 aliphatic heterocycles. The zero-order chi connectivity index (χ0) is 32.6. The third kappa shape index (κ3) is 56.1. The molecule has 0 aliphatic carbocycles. The summed E-state index contributed by atoms with van der Waals surface area (Å²) in [6, 6.07) is 0. The molecular weight excluding hydrogens is 574 g/mol. The van der Waals surface area contributed by atoms with Crippen LogP contribution in [0.5, 0.6) is 0 Å². The van der Waals surface area contributed by atoms with E-state index in [0.29, 0.717) is 0 Å². The van der Waals surface area contributed by atoms with E-state index in [9.17, 15) is 63.1 Å². The molecule has 2 atom stereocenters. The summed E-state index contributed by atoms with van der Waals surface area (Å²) >= 11 is 0. The Balaban J connectivity index is -0.000000136. The SMILES string of the molecule is C=C(C)C(=O)OC(C)C(=O)O.C=C(C)C(=O)OC(C)C(=O)OCCF.FC(F)(F)F.FC(F)(F)F.OCCF. The molecule has 0 saturated heterocycles. The van der Waals surface area contributed by atoms with Crippen molar-refractivity contribution in [3.05, 3.63) is 24.3 Å². The number of hydrogen-bond acceptors (Lipinski definition) is 8. The average molecular weight is 602 g/mol. The third-order valence-corrected chi connectivity index (χ3v) is 2.35. The van der Waals surface area contributed by atoms with Crippen LogP contribution in [0.4, 0.5) is 43.9 Å². The van der Waals surface area contributed by atoms with E-state index in [0.717, 1.165) is 0 Å². The molecule has 2 N–H and O–H groups in total. The lowest BCUT2D eigenvalue weighted by atomic mass is 10.3. The topological polar surface area (TPSA) is 136 Å². The number of aliphatic carboxylic acids is 1. The smallest absolute Gasteiger partial charge is 0.479 e. The summed E-state index contributed by atoms with van der Waals surface area (Å²) in [6.07, 6.45) is -13.1. The molecule has 232 valence electrons. The van der Waals surface area contributed by atoms with Crippen molar-refractivity contribution in [2.75, 3.05) is 26.6 Å². The van der Waals surface area contributed by atoms with Crippen LogP contribution in [-0.4, -0.2) is 85.7 Å². The lowest BCUT2D eigenvalue weighted by molar-refractivity contribution is -0.238. The fourth-order valence-electron chi connectivity index (χ4n) is 0.877. The van der Waals surface area contributed by atoms with Gasteiger partial charge in [0.25, 0.3) is 0 Å². The highest BCUT2D eigenvalue weighted by Gasteiger charge is 2.25. The molecule has 0 aromatic rings. The number of aliphatic hydroxyl groups excluding tert-OH is 1. The average Bonchev–Trinajstić information content (AvgIpc) is 2.75. The fourth-order valence-corrected chi connectivity index (χ4v) is 0.877. The van der Waals surface area contributed by atoms with Crippen LogP contribution < -0.4 is 0 Å². The zero-order valence-electron chi connectivity index (χ0n) is 20.9.